The molecule has 15 heteroatoms. The number of anilines is 3. The minimum Gasteiger partial charge on any atom is -0.335 e. The van der Waals surface area contributed by atoms with Gasteiger partial charge in [0.1, 0.15) is 41.3 Å². The Bertz CT molecular complexity index is 1930. The average Bonchev–Trinajstić information content (AvgIpc) is 3.43. The number of nitrogens with one attached hydrogen (secondary N) is 3. The van der Waals surface area contributed by atoms with E-state index in [9.17, 15) is 22.0 Å². The molecule has 2 aromatic carbocycles. The van der Waals surface area contributed by atoms with Crippen LogP contribution >= 0.6 is 0 Å². The van der Waals surface area contributed by atoms with Gasteiger partial charge in [-0.15, -0.1) is 0 Å². The molecule has 5 rings (SSSR count). The Kier molecular flexibility index (Phi) is 7.35. The minimum absolute atomic E-state index is 0.0638. The number of imidazole rings is 1. The highest BCUT2D eigenvalue weighted by molar-refractivity contribution is 7.92. The molecule has 3 N–H and O–H groups in total. The standard InChI is InChI=1S/C26H19F3N8O3S/c1-15-17(27)3-2-4-21(15)41(39,40)36-19-6-5-18(28)24(23(19)29)35-26-25-20(31-12-32-26)7-8-22(34-25)37-11-16(33-13-37)9-10-30-14-38/h2-14,36H,1H3,(H,30,38)(H,31,32,35)/b10-9+. The molecule has 0 saturated heterocycles. The second kappa shape index (κ2) is 11.1. The molecule has 3 heterocycles. The van der Waals surface area contributed by atoms with E-state index in [2.05, 4.69) is 30.6 Å². The summed E-state index contributed by atoms with van der Waals surface area (Å²) in [6.45, 7) is 1.27. The summed E-state index contributed by atoms with van der Waals surface area (Å²) in [6, 6.07) is 8.50. The molecule has 11 nitrogen and oxygen atoms in total. The van der Waals surface area contributed by atoms with Crippen molar-refractivity contribution in [3.63, 3.8) is 0 Å². The Morgan fingerprint density at radius 1 is 0.976 bits per heavy atom. The first-order valence-corrected chi connectivity index (χ1v) is 13.2. The number of benzene rings is 2. The molecule has 208 valence electrons. The second-order valence-electron chi connectivity index (χ2n) is 8.46. The number of fused-ring (bicyclic) bond motifs is 1. The van der Waals surface area contributed by atoms with Crippen molar-refractivity contribution < 1.29 is 26.4 Å². The monoisotopic (exact) mass is 580 g/mol. The van der Waals surface area contributed by atoms with Crippen molar-refractivity contribution in [1.82, 2.24) is 29.8 Å². The highest BCUT2D eigenvalue weighted by Gasteiger charge is 2.23. The SMILES string of the molecule is Cc1c(F)cccc1S(=O)(=O)Nc1ccc(F)c(Nc2ncnc3ccc(-n4cnc(/C=C/NC=O)c4)nc23)c1F. The number of sulfonamides is 1. The molecule has 0 radical (unpaired) electrons. The van der Waals surface area contributed by atoms with Crippen LogP contribution in [0.2, 0.25) is 0 Å². The van der Waals surface area contributed by atoms with Crippen LogP contribution in [0.5, 0.6) is 0 Å². The number of rotatable bonds is 9. The predicted molar refractivity (Wildman–Crippen MR) is 144 cm³/mol. The summed E-state index contributed by atoms with van der Waals surface area (Å²) < 4.78 is 73.7. The van der Waals surface area contributed by atoms with Crippen LogP contribution in [0.1, 0.15) is 11.3 Å². The van der Waals surface area contributed by atoms with Crippen molar-refractivity contribution in [2.24, 2.45) is 0 Å². The summed E-state index contributed by atoms with van der Waals surface area (Å²) in [7, 11) is -4.42. The lowest BCUT2D eigenvalue weighted by molar-refractivity contribution is -0.108. The lowest BCUT2D eigenvalue weighted by Gasteiger charge is -2.15. The van der Waals surface area contributed by atoms with Gasteiger partial charge >= 0.3 is 0 Å². The summed E-state index contributed by atoms with van der Waals surface area (Å²) in [5.74, 6) is -2.74. The number of aromatic nitrogens is 5. The molecule has 0 aliphatic heterocycles. The molecule has 3 aromatic heterocycles. The predicted octanol–water partition coefficient (Wildman–Crippen LogP) is 4.20. The van der Waals surface area contributed by atoms with Gasteiger partial charge < -0.3 is 10.6 Å². The number of carbonyl (C=O) groups excluding carboxylic acids is 1. The van der Waals surface area contributed by atoms with Gasteiger partial charge in [0.2, 0.25) is 6.41 Å². The summed E-state index contributed by atoms with van der Waals surface area (Å²) in [6.07, 6.45) is 7.74. The van der Waals surface area contributed by atoms with Gasteiger partial charge in [0.25, 0.3) is 10.0 Å². The summed E-state index contributed by atoms with van der Waals surface area (Å²) in [5.41, 5.74) is -0.423. The lowest BCUT2D eigenvalue weighted by atomic mass is 10.2. The number of carbonyl (C=O) groups is 1. The topological polar surface area (TPSA) is 144 Å². The third-order valence-electron chi connectivity index (χ3n) is 5.84. The van der Waals surface area contributed by atoms with E-state index in [0.717, 1.165) is 18.2 Å². The summed E-state index contributed by atoms with van der Waals surface area (Å²) in [4.78, 5) is 26.9. The Morgan fingerprint density at radius 2 is 1.80 bits per heavy atom. The van der Waals surface area contributed by atoms with Gasteiger partial charge in [0.05, 0.1) is 21.8 Å². The van der Waals surface area contributed by atoms with E-state index >= 15 is 4.39 Å². The van der Waals surface area contributed by atoms with Gasteiger partial charge in [-0.25, -0.2) is 41.5 Å². The van der Waals surface area contributed by atoms with Gasteiger partial charge in [-0.3, -0.25) is 14.1 Å². The van der Waals surface area contributed by atoms with Crippen molar-refractivity contribution in [2.45, 2.75) is 11.8 Å². The molecule has 0 atom stereocenters. The highest BCUT2D eigenvalue weighted by atomic mass is 32.2. The fourth-order valence-corrected chi connectivity index (χ4v) is 5.15. The van der Waals surface area contributed by atoms with E-state index in [4.69, 9.17) is 0 Å². The number of nitrogens with zero attached hydrogens (tertiary/aromatic N) is 5. The maximum atomic E-state index is 15.5. The van der Waals surface area contributed by atoms with Crippen molar-refractivity contribution in [1.29, 1.82) is 0 Å². The third kappa shape index (κ3) is 5.56. The molecule has 1 amide bonds. The van der Waals surface area contributed by atoms with Crippen LogP contribution in [0.4, 0.5) is 30.4 Å². The van der Waals surface area contributed by atoms with Crippen LogP contribution in [0, 0.1) is 24.4 Å². The first-order valence-electron chi connectivity index (χ1n) is 11.7. The molecular weight excluding hydrogens is 561 g/mol. The lowest BCUT2D eigenvalue weighted by Crippen LogP contribution is -2.16. The van der Waals surface area contributed by atoms with E-state index in [1.165, 1.54) is 37.9 Å². The highest BCUT2D eigenvalue weighted by Crippen LogP contribution is 2.32. The van der Waals surface area contributed by atoms with Gasteiger partial charge in [0, 0.05) is 18.0 Å². The Morgan fingerprint density at radius 3 is 2.61 bits per heavy atom. The molecular formula is C26H19F3N8O3S. The minimum atomic E-state index is -4.42. The zero-order valence-electron chi connectivity index (χ0n) is 21.0. The van der Waals surface area contributed by atoms with Crippen LogP contribution in [-0.2, 0) is 14.8 Å². The maximum absolute atomic E-state index is 15.5. The molecule has 0 bridgehead atoms. The fourth-order valence-electron chi connectivity index (χ4n) is 3.83. The van der Waals surface area contributed by atoms with Crippen molar-refractivity contribution in [3.05, 3.63) is 96.2 Å². The van der Waals surface area contributed by atoms with E-state index in [-0.39, 0.29) is 16.9 Å². The normalized spacial score (nSPS) is 11.6. The molecule has 0 spiro atoms. The van der Waals surface area contributed by atoms with E-state index in [1.54, 1.807) is 29.0 Å². The number of hydrogen-bond acceptors (Lipinski definition) is 8. The van der Waals surface area contributed by atoms with Crippen LogP contribution < -0.4 is 15.4 Å². The van der Waals surface area contributed by atoms with Crippen LogP contribution in [-0.4, -0.2) is 39.3 Å². The largest absolute Gasteiger partial charge is 0.335 e. The number of halogens is 3. The average molecular weight is 581 g/mol. The van der Waals surface area contributed by atoms with Crippen molar-refractivity contribution >= 4 is 50.7 Å². The second-order valence-corrected chi connectivity index (χ2v) is 10.1. The van der Waals surface area contributed by atoms with E-state index in [1.807, 2.05) is 4.72 Å². The van der Waals surface area contributed by atoms with Gasteiger partial charge in [-0.2, -0.15) is 0 Å². The Hall–Kier alpha value is -5.31. The van der Waals surface area contributed by atoms with E-state index in [0.29, 0.717) is 23.4 Å². The molecule has 5 aromatic rings. The molecule has 0 aliphatic carbocycles. The molecule has 0 unspecified atom stereocenters. The third-order valence-corrected chi connectivity index (χ3v) is 7.35. The van der Waals surface area contributed by atoms with Gasteiger partial charge in [-0.05, 0) is 49.4 Å². The van der Waals surface area contributed by atoms with Crippen LogP contribution in [0.15, 0.2) is 72.4 Å². The first kappa shape index (κ1) is 27.3. The molecule has 0 saturated carbocycles. The Labute approximate surface area is 230 Å². The van der Waals surface area contributed by atoms with Gasteiger partial charge in [-0.1, -0.05) is 6.07 Å². The smallest absolute Gasteiger partial charge is 0.262 e. The number of pyridine rings is 1. The van der Waals surface area contributed by atoms with Crippen molar-refractivity contribution in [3.8, 4) is 5.82 Å². The molecule has 0 aliphatic rings. The van der Waals surface area contributed by atoms with Crippen molar-refractivity contribution in [2.75, 3.05) is 10.0 Å². The zero-order valence-corrected chi connectivity index (χ0v) is 21.8. The number of amides is 1. The molecule has 41 heavy (non-hydrogen) atoms. The van der Waals surface area contributed by atoms with Gasteiger partial charge in [0.15, 0.2) is 11.6 Å². The summed E-state index contributed by atoms with van der Waals surface area (Å²) in [5, 5.41) is 4.93. The molecule has 0 fully saturated rings. The maximum Gasteiger partial charge on any atom is 0.262 e. The Balaban J connectivity index is 1.49. The van der Waals surface area contributed by atoms with E-state index < -0.39 is 43.7 Å². The zero-order chi connectivity index (χ0) is 29.1. The number of hydrogen-bond donors (Lipinski definition) is 3. The van der Waals surface area contributed by atoms with Crippen LogP contribution in [0.3, 0.4) is 0 Å². The first-order chi connectivity index (χ1) is 19.7. The fraction of sp³-hybridized carbons (Fsp3) is 0.0385. The van der Waals surface area contributed by atoms with Crippen LogP contribution in [0.25, 0.3) is 22.9 Å². The summed E-state index contributed by atoms with van der Waals surface area (Å²) >= 11 is 0. The quantitative estimate of drug-likeness (QED) is 0.220.